The van der Waals surface area contributed by atoms with Crippen molar-refractivity contribution in [3.05, 3.63) is 35.4 Å². The van der Waals surface area contributed by atoms with Crippen LogP contribution in [0.5, 0.6) is 0 Å². The van der Waals surface area contributed by atoms with E-state index in [0.29, 0.717) is 0 Å². The zero-order valence-corrected chi connectivity index (χ0v) is 14.5. The SMILES string of the molecule is CC.Cc1ccc(CCCCCCCCC(C)C)cc1. The van der Waals surface area contributed by atoms with Crippen molar-refractivity contribution in [1.29, 1.82) is 0 Å². The Labute approximate surface area is 128 Å². The summed E-state index contributed by atoms with van der Waals surface area (Å²) in [6, 6.07) is 9.00. The highest BCUT2D eigenvalue weighted by Gasteiger charge is 1.96. The lowest BCUT2D eigenvalue weighted by atomic mass is 10.0. The van der Waals surface area contributed by atoms with Crippen molar-refractivity contribution in [3.63, 3.8) is 0 Å². The Balaban J connectivity index is 0.00000172. The first kappa shape index (κ1) is 19.2. The highest BCUT2D eigenvalue weighted by atomic mass is 14.0. The predicted molar refractivity (Wildman–Crippen MR) is 93.4 cm³/mol. The van der Waals surface area contributed by atoms with Crippen molar-refractivity contribution in [3.8, 4) is 0 Å². The molecule has 0 aliphatic carbocycles. The molecule has 0 aliphatic rings. The summed E-state index contributed by atoms with van der Waals surface area (Å²) in [6.07, 6.45) is 11.1. The highest BCUT2D eigenvalue weighted by Crippen LogP contribution is 2.13. The Hall–Kier alpha value is -0.780. The summed E-state index contributed by atoms with van der Waals surface area (Å²) in [5.41, 5.74) is 2.87. The second kappa shape index (κ2) is 13.2. The van der Waals surface area contributed by atoms with Crippen LogP contribution in [0.2, 0.25) is 0 Å². The molecule has 0 atom stereocenters. The van der Waals surface area contributed by atoms with E-state index in [2.05, 4.69) is 45.0 Å². The first-order valence-electron chi connectivity index (χ1n) is 8.74. The summed E-state index contributed by atoms with van der Waals surface area (Å²) < 4.78 is 0. The van der Waals surface area contributed by atoms with Crippen LogP contribution in [0, 0.1) is 12.8 Å². The van der Waals surface area contributed by atoms with E-state index < -0.39 is 0 Å². The van der Waals surface area contributed by atoms with Crippen LogP contribution in [0.15, 0.2) is 24.3 Å². The zero-order chi connectivity index (χ0) is 15.2. The van der Waals surface area contributed by atoms with E-state index >= 15 is 0 Å². The average Bonchev–Trinajstić information content (AvgIpc) is 2.45. The molecule has 1 rings (SSSR count). The van der Waals surface area contributed by atoms with Crippen molar-refractivity contribution in [2.75, 3.05) is 0 Å². The summed E-state index contributed by atoms with van der Waals surface area (Å²) in [6.45, 7) is 10.8. The number of hydrogen-bond donors (Lipinski definition) is 0. The smallest absolute Gasteiger partial charge is 0.0279 e. The van der Waals surface area contributed by atoms with Crippen LogP contribution in [0.1, 0.15) is 83.8 Å². The lowest BCUT2D eigenvalue weighted by molar-refractivity contribution is 0.511. The van der Waals surface area contributed by atoms with Gasteiger partial charge >= 0.3 is 0 Å². The van der Waals surface area contributed by atoms with Crippen LogP contribution in [0.25, 0.3) is 0 Å². The van der Waals surface area contributed by atoms with Crippen LogP contribution in [0.4, 0.5) is 0 Å². The molecule has 0 radical (unpaired) electrons. The van der Waals surface area contributed by atoms with E-state index in [4.69, 9.17) is 0 Å². The van der Waals surface area contributed by atoms with Gasteiger partial charge in [-0.3, -0.25) is 0 Å². The van der Waals surface area contributed by atoms with Gasteiger partial charge in [0.15, 0.2) is 0 Å². The Bertz CT molecular complexity index is 294. The van der Waals surface area contributed by atoms with Gasteiger partial charge in [-0.2, -0.15) is 0 Å². The fraction of sp³-hybridized carbons (Fsp3) is 0.700. The number of hydrogen-bond acceptors (Lipinski definition) is 0. The van der Waals surface area contributed by atoms with Crippen molar-refractivity contribution in [2.45, 2.75) is 86.0 Å². The van der Waals surface area contributed by atoms with Crippen molar-refractivity contribution in [2.24, 2.45) is 5.92 Å². The maximum Gasteiger partial charge on any atom is -0.0279 e. The topological polar surface area (TPSA) is 0 Å². The maximum atomic E-state index is 2.32. The number of unbranched alkanes of at least 4 members (excludes halogenated alkanes) is 5. The zero-order valence-electron chi connectivity index (χ0n) is 14.5. The fourth-order valence-corrected chi connectivity index (χ4v) is 2.34. The van der Waals surface area contributed by atoms with Crippen LogP contribution in [-0.4, -0.2) is 0 Å². The minimum Gasteiger partial charge on any atom is -0.0683 e. The molecule has 0 aromatic heterocycles. The molecule has 0 saturated carbocycles. The van der Waals surface area contributed by atoms with Crippen molar-refractivity contribution >= 4 is 0 Å². The molecule has 0 saturated heterocycles. The van der Waals surface area contributed by atoms with Gasteiger partial charge in [0.05, 0.1) is 0 Å². The van der Waals surface area contributed by atoms with Gasteiger partial charge in [-0.05, 0) is 31.2 Å². The molecule has 0 amide bonds. The molecule has 0 N–H and O–H groups in total. The summed E-state index contributed by atoms with van der Waals surface area (Å²) in [7, 11) is 0. The average molecular weight is 277 g/mol. The lowest BCUT2D eigenvalue weighted by Crippen LogP contribution is -1.88. The number of benzene rings is 1. The van der Waals surface area contributed by atoms with Crippen LogP contribution in [-0.2, 0) is 6.42 Å². The monoisotopic (exact) mass is 276 g/mol. The minimum atomic E-state index is 0.881. The first-order chi connectivity index (χ1) is 9.68. The molecular weight excluding hydrogens is 240 g/mol. The molecule has 0 nitrogen and oxygen atoms in total. The van der Waals surface area contributed by atoms with Gasteiger partial charge in [0.25, 0.3) is 0 Å². The van der Waals surface area contributed by atoms with Gasteiger partial charge in [-0.15, -0.1) is 0 Å². The normalized spacial score (nSPS) is 10.3. The van der Waals surface area contributed by atoms with Crippen LogP contribution < -0.4 is 0 Å². The maximum absolute atomic E-state index is 2.32. The molecule has 1 aromatic carbocycles. The van der Waals surface area contributed by atoms with Crippen LogP contribution >= 0.6 is 0 Å². The van der Waals surface area contributed by atoms with E-state index in [1.165, 1.54) is 62.5 Å². The van der Waals surface area contributed by atoms with Crippen molar-refractivity contribution < 1.29 is 0 Å². The van der Waals surface area contributed by atoms with E-state index in [1.807, 2.05) is 13.8 Å². The lowest BCUT2D eigenvalue weighted by Gasteiger charge is -2.05. The van der Waals surface area contributed by atoms with Crippen LogP contribution in [0.3, 0.4) is 0 Å². The van der Waals surface area contributed by atoms with Gasteiger partial charge in [-0.25, -0.2) is 0 Å². The molecular formula is C20H36. The standard InChI is InChI=1S/C18H30.C2H6/c1-16(2)10-8-6-4-5-7-9-11-18-14-12-17(3)13-15-18;1-2/h12-16H,4-11H2,1-3H3;1-2H3. The Morgan fingerprint density at radius 1 is 0.750 bits per heavy atom. The summed E-state index contributed by atoms with van der Waals surface area (Å²) in [4.78, 5) is 0. The summed E-state index contributed by atoms with van der Waals surface area (Å²) in [5, 5.41) is 0. The second-order valence-corrected chi connectivity index (χ2v) is 6.04. The van der Waals surface area contributed by atoms with Gasteiger partial charge in [0.2, 0.25) is 0 Å². The molecule has 116 valence electrons. The molecule has 1 aromatic rings. The molecule has 0 spiro atoms. The molecule has 0 fully saturated rings. The Morgan fingerprint density at radius 2 is 1.25 bits per heavy atom. The second-order valence-electron chi connectivity index (χ2n) is 6.04. The number of aryl methyl sites for hydroxylation is 2. The third-order valence-electron chi connectivity index (χ3n) is 3.62. The van der Waals surface area contributed by atoms with Gasteiger partial charge < -0.3 is 0 Å². The Morgan fingerprint density at radius 3 is 1.80 bits per heavy atom. The molecule has 0 unspecified atom stereocenters. The molecule has 0 aliphatic heterocycles. The van der Waals surface area contributed by atoms with Gasteiger partial charge in [0, 0.05) is 0 Å². The summed E-state index contributed by atoms with van der Waals surface area (Å²) >= 11 is 0. The van der Waals surface area contributed by atoms with E-state index in [0.717, 1.165) is 5.92 Å². The quantitative estimate of drug-likeness (QED) is 0.428. The predicted octanol–water partition coefficient (Wildman–Crippen LogP) is 6.95. The highest BCUT2D eigenvalue weighted by molar-refractivity contribution is 5.21. The molecule has 20 heavy (non-hydrogen) atoms. The van der Waals surface area contributed by atoms with E-state index in [1.54, 1.807) is 0 Å². The molecule has 0 bridgehead atoms. The van der Waals surface area contributed by atoms with Gasteiger partial charge in [-0.1, -0.05) is 96.0 Å². The van der Waals surface area contributed by atoms with E-state index in [9.17, 15) is 0 Å². The Kier molecular flexibility index (Phi) is 12.7. The summed E-state index contributed by atoms with van der Waals surface area (Å²) in [5.74, 6) is 0.881. The third-order valence-corrected chi connectivity index (χ3v) is 3.62. The molecule has 0 heteroatoms. The third kappa shape index (κ3) is 11.1. The van der Waals surface area contributed by atoms with Gasteiger partial charge in [0.1, 0.15) is 0 Å². The minimum absolute atomic E-state index is 0.881. The van der Waals surface area contributed by atoms with Crippen molar-refractivity contribution in [1.82, 2.24) is 0 Å². The molecule has 0 heterocycles. The largest absolute Gasteiger partial charge is 0.0683 e. The first-order valence-corrected chi connectivity index (χ1v) is 8.74. The number of rotatable bonds is 9. The fourth-order valence-electron chi connectivity index (χ4n) is 2.34. The van der Waals surface area contributed by atoms with E-state index in [-0.39, 0.29) is 0 Å².